The highest BCUT2D eigenvalue weighted by atomic mass is 79.9. The van der Waals surface area contributed by atoms with Gasteiger partial charge in [0.2, 0.25) is 0 Å². The summed E-state index contributed by atoms with van der Waals surface area (Å²) in [7, 11) is 0. The lowest BCUT2D eigenvalue weighted by atomic mass is 10.1. The maximum atomic E-state index is 13.4. The maximum absolute atomic E-state index is 13.4. The topological polar surface area (TPSA) is 32.3 Å². The Kier molecular flexibility index (Phi) is 4.29. The summed E-state index contributed by atoms with van der Waals surface area (Å²) in [6.07, 6.45) is 0. The number of hydrogen-bond donors (Lipinski definition) is 2. The molecular weight excluding hydrogens is 261 g/mol. The highest BCUT2D eigenvalue weighted by molar-refractivity contribution is 9.11. The molecule has 4 heteroatoms. The lowest BCUT2D eigenvalue weighted by molar-refractivity contribution is 0.465. The molecule has 1 unspecified atom stereocenters. The predicted octanol–water partition coefficient (Wildman–Crippen LogP) is 3.09. The number of nitrogens with one attached hydrogen (secondary N) is 1. The third-order valence-electron chi connectivity index (χ3n) is 2.05. The lowest BCUT2D eigenvalue weighted by Crippen LogP contribution is -2.20. The molecule has 0 saturated heterocycles. The van der Waals surface area contributed by atoms with E-state index in [0.29, 0.717) is 12.1 Å². The average Bonchev–Trinajstić information content (AvgIpc) is 2.14. The van der Waals surface area contributed by atoms with Crippen LogP contribution in [0.15, 0.2) is 29.3 Å². The molecule has 2 nitrogen and oxygen atoms in total. The van der Waals surface area contributed by atoms with Crippen LogP contribution in [0.2, 0.25) is 0 Å². The molecule has 0 aliphatic heterocycles. The van der Waals surface area contributed by atoms with Gasteiger partial charge >= 0.3 is 0 Å². The van der Waals surface area contributed by atoms with Crippen molar-refractivity contribution in [2.45, 2.75) is 13.0 Å². The zero-order chi connectivity index (χ0) is 11.4. The van der Waals surface area contributed by atoms with E-state index in [9.17, 15) is 4.39 Å². The van der Waals surface area contributed by atoms with Crippen LogP contribution in [0.1, 0.15) is 18.5 Å². The summed E-state index contributed by atoms with van der Waals surface area (Å²) < 4.78 is 14.2. The Morgan fingerprint density at radius 2 is 2.33 bits per heavy atom. The molecule has 0 saturated carbocycles. The Hall–Kier alpha value is -0.870. The van der Waals surface area contributed by atoms with Crippen molar-refractivity contribution in [1.82, 2.24) is 5.32 Å². The van der Waals surface area contributed by atoms with Gasteiger partial charge in [0, 0.05) is 28.7 Å². The van der Waals surface area contributed by atoms with Gasteiger partial charge in [-0.1, -0.05) is 28.6 Å². The van der Waals surface area contributed by atoms with Gasteiger partial charge in [-0.3, -0.25) is 0 Å². The molecule has 1 rings (SSSR count). The Morgan fingerprint density at radius 3 is 2.87 bits per heavy atom. The van der Waals surface area contributed by atoms with E-state index < -0.39 is 5.82 Å². The van der Waals surface area contributed by atoms with Gasteiger partial charge in [0.1, 0.15) is 11.6 Å². The van der Waals surface area contributed by atoms with Gasteiger partial charge in [-0.15, -0.1) is 0 Å². The number of halogens is 2. The number of hydrogen-bond acceptors (Lipinski definition) is 2. The van der Waals surface area contributed by atoms with Gasteiger partial charge in [-0.2, -0.15) is 0 Å². The molecule has 0 amide bonds. The van der Waals surface area contributed by atoms with Crippen LogP contribution in [-0.4, -0.2) is 11.7 Å². The first-order valence-corrected chi connectivity index (χ1v) is 5.35. The minimum absolute atomic E-state index is 0.0617. The van der Waals surface area contributed by atoms with E-state index in [1.807, 2.05) is 6.92 Å². The van der Waals surface area contributed by atoms with Gasteiger partial charge in [-0.25, -0.2) is 4.39 Å². The monoisotopic (exact) mass is 273 g/mol. The molecule has 0 heterocycles. The molecule has 0 aromatic heterocycles. The van der Waals surface area contributed by atoms with Gasteiger partial charge in [0.15, 0.2) is 0 Å². The van der Waals surface area contributed by atoms with Crippen LogP contribution in [-0.2, 0) is 0 Å². The lowest BCUT2D eigenvalue weighted by Gasteiger charge is -2.14. The Bertz CT molecular complexity index is 368. The molecule has 0 aliphatic rings. The minimum atomic E-state index is -0.407. The summed E-state index contributed by atoms with van der Waals surface area (Å²) in [5.41, 5.74) is 0.529. The third-order valence-corrected chi connectivity index (χ3v) is 2.33. The van der Waals surface area contributed by atoms with E-state index in [4.69, 9.17) is 5.11 Å². The summed E-state index contributed by atoms with van der Waals surface area (Å²) >= 11 is 3.21. The fourth-order valence-corrected chi connectivity index (χ4v) is 1.40. The molecule has 1 atom stereocenters. The number of benzene rings is 1. The van der Waals surface area contributed by atoms with Crippen LogP contribution in [0.25, 0.3) is 0 Å². The highest BCUT2D eigenvalue weighted by Crippen LogP contribution is 2.21. The second-order valence-electron chi connectivity index (χ2n) is 3.33. The van der Waals surface area contributed by atoms with Crippen molar-refractivity contribution >= 4 is 15.9 Å². The first-order valence-electron chi connectivity index (χ1n) is 4.55. The molecule has 2 N–H and O–H groups in total. The van der Waals surface area contributed by atoms with E-state index >= 15 is 0 Å². The molecule has 1 aromatic rings. The largest absolute Gasteiger partial charge is 0.508 e. The fraction of sp³-hybridized carbons (Fsp3) is 0.273. The van der Waals surface area contributed by atoms with Crippen molar-refractivity contribution < 1.29 is 9.50 Å². The number of phenolic OH excluding ortho intramolecular Hbond substituents is 1. The zero-order valence-electron chi connectivity index (χ0n) is 8.43. The molecule has 0 radical (unpaired) electrons. The molecule has 15 heavy (non-hydrogen) atoms. The standard InChI is InChI=1S/C11H13BrFNO/c1-7(12)6-14-8(2)10-4-3-9(15)5-11(10)13/h3-5,8,14-15H,1,6H2,2H3. The van der Waals surface area contributed by atoms with Crippen LogP contribution in [0, 0.1) is 5.82 Å². The summed E-state index contributed by atoms with van der Waals surface area (Å²) in [4.78, 5) is 0. The van der Waals surface area contributed by atoms with Crippen molar-refractivity contribution in [3.63, 3.8) is 0 Å². The quantitative estimate of drug-likeness (QED) is 0.884. The Morgan fingerprint density at radius 1 is 1.67 bits per heavy atom. The highest BCUT2D eigenvalue weighted by Gasteiger charge is 2.10. The van der Waals surface area contributed by atoms with Crippen LogP contribution in [0.5, 0.6) is 5.75 Å². The smallest absolute Gasteiger partial charge is 0.131 e. The van der Waals surface area contributed by atoms with Gasteiger partial charge in [-0.05, 0) is 13.0 Å². The zero-order valence-corrected chi connectivity index (χ0v) is 10.0. The molecule has 82 valence electrons. The average molecular weight is 274 g/mol. The van der Waals surface area contributed by atoms with E-state index in [1.165, 1.54) is 6.07 Å². The summed E-state index contributed by atoms with van der Waals surface area (Å²) in [6.45, 7) is 6.10. The fourth-order valence-electron chi connectivity index (χ4n) is 1.24. The molecule has 0 bridgehead atoms. The number of aromatic hydroxyl groups is 1. The van der Waals surface area contributed by atoms with Gasteiger partial charge in [0.25, 0.3) is 0 Å². The summed E-state index contributed by atoms with van der Waals surface area (Å²) in [6, 6.07) is 4.02. The van der Waals surface area contributed by atoms with Crippen LogP contribution >= 0.6 is 15.9 Å². The number of rotatable bonds is 4. The van der Waals surface area contributed by atoms with Crippen LogP contribution < -0.4 is 5.32 Å². The van der Waals surface area contributed by atoms with E-state index in [-0.39, 0.29) is 11.8 Å². The van der Waals surface area contributed by atoms with Crippen molar-refractivity contribution in [2.75, 3.05) is 6.54 Å². The summed E-state index contributed by atoms with van der Waals surface area (Å²) in [5, 5.41) is 12.1. The Balaban J connectivity index is 2.73. The van der Waals surface area contributed by atoms with Crippen LogP contribution in [0.4, 0.5) is 4.39 Å². The summed E-state index contributed by atoms with van der Waals surface area (Å²) in [5.74, 6) is -0.469. The predicted molar refractivity (Wildman–Crippen MR) is 62.5 cm³/mol. The van der Waals surface area contributed by atoms with Crippen LogP contribution in [0.3, 0.4) is 0 Å². The SMILES string of the molecule is C=C(Br)CNC(C)c1ccc(O)cc1F. The molecular formula is C11H13BrFNO. The molecule has 0 spiro atoms. The van der Waals surface area contributed by atoms with E-state index in [2.05, 4.69) is 27.8 Å². The first kappa shape index (κ1) is 12.2. The molecule has 0 fully saturated rings. The minimum Gasteiger partial charge on any atom is -0.508 e. The molecule has 0 aliphatic carbocycles. The normalized spacial score (nSPS) is 12.5. The Labute approximate surface area is 96.9 Å². The van der Waals surface area contributed by atoms with Crippen molar-refractivity contribution in [2.24, 2.45) is 0 Å². The van der Waals surface area contributed by atoms with Gasteiger partial charge in [0.05, 0.1) is 0 Å². The van der Waals surface area contributed by atoms with Crippen molar-refractivity contribution in [1.29, 1.82) is 0 Å². The second kappa shape index (κ2) is 5.28. The first-order chi connectivity index (χ1) is 7.00. The van der Waals surface area contributed by atoms with Crippen molar-refractivity contribution in [3.05, 3.63) is 40.6 Å². The van der Waals surface area contributed by atoms with Gasteiger partial charge < -0.3 is 10.4 Å². The maximum Gasteiger partial charge on any atom is 0.131 e. The van der Waals surface area contributed by atoms with E-state index in [0.717, 1.165) is 10.5 Å². The third kappa shape index (κ3) is 3.64. The second-order valence-corrected chi connectivity index (χ2v) is 4.45. The molecule has 1 aromatic carbocycles. The number of phenols is 1. The van der Waals surface area contributed by atoms with E-state index in [1.54, 1.807) is 6.07 Å². The van der Waals surface area contributed by atoms with Crippen molar-refractivity contribution in [3.8, 4) is 5.75 Å².